The summed E-state index contributed by atoms with van der Waals surface area (Å²) in [6.45, 7) is 0. The van der Waals surface area contributed by atoms with Crippen molar-refractivity contribution in [2.75, 3.05) is 20.4 Å². The lowest BCUT2D eigenvalue weighted by Crippen LogP contribution is -2.11. The number of benzene rings is 1. The summed E-state index contributed by atoms with van der Waals surface area (Å²) in [5, 5.41) is 9.69. The molecule has 0 unspecified atom stereocenters. The molecular weight excluding hydrogens is 239 g/mol. The molecule has 1 aromatic rings. The summed E-state index contributed by atoms with van der Waals surface area (Å²) in [6.07, 6.45) is 2.42. The zero-order valence-corrected chi connectivity index (χ0v) is 10.8. The summed E-state index contributed by atoms with van der Waals surface area (Å²) >= 11 is 0. The smallest absolute Gasteiger partial charge is 0.333 e. The first-order valence-corrected chi connectivity index (χ1v) is 6.94. The molecular formula is C12H17O4P. The zero-order chi connectivity index (χ0) is 12.7. The van der Waals surface area contributed by atoms with Crippen LogP contribution < -0.4 is 0 Å². The molecule has 0 saturated heterocycles. The van der Waals surface area contributed by atoms with Crippen LogP contribution in [0.2, 0.25) is 0 Å². The Kier molecular flexibility index (Phi) is 5.59. The molecule has 0 saturated carbocycles. The van der Waals surface area contributed by atoms with Crippen molar-refractivity contribution in [3.8, 4) is 0 Å². The average Bonchev–Trinajstić information content (AvgIpc) is 2.37. The Bertz CT molecular complexity index is 394. The summed E-state index contributed by atoms with van der Waals surface area (Å²) in [7, 11) is -0.553. The number of rotatable bonds is 6. The van der Waals surface area contributed by atoms with Crippen molar-refractivity contribution in [1.29, 1.82) is 0 Å². The maximum Gasteiger partial charge on any atom is 0.333 e. The molecule has 0 amide bonds. The van der Waals surface area contributed by atoms with Crippen LogP contribution in [0.5, 0.6) is 0 Å². The van der Waals surface area contributed by atoms with Gasteiger partial charge in [0.25, 0.3) is 0 Å². The molecule has 0 aliphatic rings. The Labute approximate surface area is 101 Å². The number of hydrogen-bond acceptors (Lipinski definition) is 4. The number of hydrogen-bond donors (Lipinski definition) is 1. The van der Waals surface area contributed by atoms with Crippen molar-refractivity contribution < 1.29 is 18.7 Å². The fraction of sp³-hybridized carbons (Fsp3) is 0.333. The summed E-state index contributed by atoms with van der Waals surface area (Å²) in [6, 6.07) is 9.55. The van der Waals surface area contributed by atoms with Gasteiger partial charge in [0, 0.05) is 14.2 Å². The Morgan fingerprint density at radius 2 is 1.88 bits per heavy atom. The van der Waals surface area contributed by atoms with E-state index in [1.807, 2.05) is 30.3 Å². The Morgan fingerprint density at radius 1 is 1.29 bits per heavy atom. The highest BCUT2D eigenvalue weighted by atomic mass is 31.2. The van der Waals surface area contributed by atoms with E-state index in [1.165, 1.54) is 14.2 Å². The number of aliphatic hydroxyl groups excluding tert-OH is 1. The van der Waals surface area contributed by atoms with E-state index < -0.39 is 13.7 Å². The van der Waals surface area contributed by atoms with Crippen LogP contribution in [0, 0.1) is 0 Å². The molecule has 17 heavy (non-hydrogen) atoms. The first-order chi connectivity index (χ1) is 8.09. The van der Waals surface area contributed by atoms with E-state index in [2.05, 4.69) is 0 Å². The van der Waals surface area contributed by atoms with Gasteiger partial charge in [-0.15, -0.1) is 0 Å². The third-order valence-corrected chi connectivity index (χ3v) is 4.21. The minimum Gasteiger partial charge on any atom is -0.388 e. The second kappa shape index (κ2) is 6.72. The molecule has 94 valence electrons. The van der Waals surface area contributed by atoms with Crippen molar-refractivity contribution >= 4 is 13.7 Å². The highest BCUT2D eigenvalue weighted by molar-refractivity contribution is 7.53. The molecule has 0 fully saturated rings. The third kappa shape index (κ3) is 4.84. The van der Waals surface area contributed by atoms with Crippen LogP contribution in [-0.4, -0.2) is 31.6 Å². The van der Waals surface area contributed by atoms with Crippen LogP contribution in [0.3, 0.4) is 0 Å². The van der Waals surface area contributed by atoms with E-state index in [0.29, 0.717) is 0 Å². The van der Waals surface area contributed by atoms with Gasteiger partial charge < -0.3 is 14.2 Å². The molecule has 1 atom stereocenters. The Morgan fingerprint density at radius 3 is 2.41 bits per heavy atom. The lowest BCUT2D eigenvalue weighted by atomic mass is 10.2. The first kappa shape index (κ1) is 14.1. The standard InChI is InChI=1S/C12H17O4P/c1-15-17(14,16-2)10-12(13)9-8-11-6-4-3-5-7-11/h3-9,12-13H,10H2,1-2H3/b9-8+/t12-/m1/s1. The second-order valence-corrected chi connectivity index (χ2v) is 5.81. The van der Waals surface area contributed by atoms with Crippen LogP contribution in [0.25, 0.3) is 6.08 Å². The molecule has 0 aliphatic heterocycles. The van der Waals surface area contributed by atoms with Gasteiger partial charge >= 0.3 is 7.60 Å². The van der Waals surface area contributed by atoms with E-state index in [9.17, 15) is 9.67 Å². The predicted octanol–water partition coefficient (Wildman–Crippen LogP) is 2.55. The molecule has 1 aromatic carbocycles. The fourth-order valence-corrected chi connectivity index (χ4v) is 2.33. The highest BCUT2D eigenvalue weighted by Crippen LogP contribution is 2.46. The third-order valence-electron chi connectivity index (χ3n) is 2.28. The van der Waals surface area contributed by atoms with Crippen LogP contribution in [0.1, 0.15) is 5.56 Å². The number of aliphatic hydroxyl groups is 1. The Balaban J connectivity index is 2.58. The lowest BCUT2D eigenvalue weighted by molar-refractivity contribution is 0.219. The van der Waals surface area contributed by atoms with Crippen molar-refractivity contribution in [3.05, 3.63) is 42.0 Å². The summed E-state index contributed by atoms with van der Waals surface area (Å²) in [5.41, 5.74) is 0.969. The summed E-state index contributed by atoms with van der Waals surface area (Å²) in [5.74, 6) is 0. The van der Waals surface area contributed by atoms with Gasteiger partial charge in [-0.1, -0.05) is 42.5 Å². The van der Waals surface area contributed by atoms with Crippen molar-refractivity contribution in [2.45, 2.75) is 6.10 Å². The molecule has 1 N–H and O–H groups in total. The van der Waals surface area contributed by atoms with Crippen molar-refractivity contribution in [1.82, 2.24) is 0 Å². The van der Waals surface area contributed by atoms with E-state index in [4.69, 9.17) is 9.05 Å². The maximum absolute atomic E-state index is 11.7. The quantitative estimate of drug-likeness (QED) is 0.795. The largest absolute Gasteiger partial charge is 0.388 e. The lowest BCUT2D eigenvalue weighted by Gasteiger charge is -2.15. The monoisotopic (exact) mass is 256 g/mol. The summed E-state index contributed by atoms with van der Waals surface area (Å²) < 4.78 is 21.2. The van der Waals surface area contributed by atoms with Crippen LogP contribution in [0.4, 0.5) is 0 Å². The summed E-state index contributed by atoms with van der Waals surface area (Å²) in [4.78, 5) is 0. The SMILES string of the molecule is COP(=O)(C[C@H](O)/C=C/c1ccccc1)OC. The van der Waals surface area contributed by atoms with Crippen LogP contribution >= 0.6 is 7.60 Å². The molecule has 1 rings (SSSR count). The molecule has 5 heteroatoms. The van der Waals surface area contributed by atoms with Gasteiger partial charge in [0.15, 0.2) is 0 Å². The first-order valence-electron chi connectivity index (χ1n) is 5.21. The van der Waals surface area contributed by atoms with E-state index in [1.54, 1.807) is 12.2 Å². The zero-order valence-electron chi connectivity index (χ0n) is 9.95. The fourth-order valence-electron chi connectivity index (χ4n) is 1.30. The maximum atomic E-state index is 11.7. The van der Waals surface area contributed by atoms with Gasteiger partial charge in [-0.2, -0.15) is 0 Å². The van der Waals surface area contributed by atoms with Gasteiger partial charge in [0.05, 0.1) is 12.3 Å². The van der Waals surface area contributed by atoms with Gasteiger partial charge in [0.1, 0.15) is 0 Å². The molecule has 0 bridgehead atoms. The second-order valence-electron chi connectivity index (χ2n) is 3.50. The Hall–Kier alpha value is -0.930. The molecule has 4 nitrogen and oxygen atoms in total. The van der Waals surface area contributed by atoms with Gasteiger partial charge in [-0.05, 0) is 5.56 Å². The highest BCUT2D eigenvalue weighted by Gasteiger charge is 2.24. The molecule has 0 aromatic heterocycles. The van der Waals surface area contributed by atoms with Gasteiger partial charge in [-0.25, -0.2) is 0 Å². The van der Waals surface area contributed by atoms with E-state index in [0.717, 1.165) is 5.56 Å². The van der Waals surface area contributed by atoms with E-state index >= 15 is 0 Å². The molecule has 0 aliphatic carbocycles. The topological polar surface area (TPSA) is 55.8 Å². The minimum absolute atomic E-state index is 0.0522. The van der Waals surface area contributed by atoms with E-state index in [-0.39, 0.29) is 6.16 Å². The van der Waals surface area contributed by atoms with Crippen molar-refractivity contribution in [2.24, 2.45) is 0 Å². The van der Waals surface area contributed by atoms with Crippen LogP contribution in [-0.2, 0) is 13.6 Å². The van der Waals surface area contributed by atoms with Crippen LogP contribution in [0.15, 0.2) is 36.4 Å². The van der Waals surface area contributed by atoms with Crippen molar-refractivity contribution in [3.63, 3.8) is 0 Å². The molecule has 0 heterocycles. The molecule has 0 radical (unpaired) electrons. The minimum atomic E-state index is -3.16. The normalized spacial score (nSPS) is 14.1. The predicted molar refractivity (Wildman–Crippen MR) is 68.0 cm³/mol. The average molecular weight is 256 g/mol. The van der Waals surface area contributed by atoms with Gasteiger partial charge in [-0.3, -0.25) is 4.57 Å². The van der Waals surface area contributed by atoms with Gasteiger partial charge in [0.2, 0.25) is 0 Å². The molecule has 0 spiro atoms.